The lowest BCUT2D eigenvalue weighted by Crippen LogP contribution is -2.38. The highest BCUT2D eigenvalue weighted by Gasteiger charge is 2.28. The zero-order chi connectivity index (χ0) is 20.5. The molecule has 1 heterocycles. The number of imidazole rings is 1. The molecule has 0 aliphatic rings. The predicted octanol–water partition coefficient (Wildman–Crippen LogP) is 4.39. The Bertz CT molecular complexity index is 717. The van der Waals surface area contributed by atoms with Gasteiger partial charge in [0.1, 0.15) is 5.82 Å². The van der Waals surface area contributed by atoms with E-state index in [0.29, 0.717) is 47.5 Å². The minimum atomic E-state index is -0.542. The summed E-state index contributed by atoms with van der Waals surface area (Å²) in [4.78, 5) is 22.9. The van der Waals surface area contributed by atoms with Gasteiger partial charge in [-0.1, -0.05) is 43.0 Å². The molecule has 0 fully saturated rings. The number of hydrogen-bond donors (Lipinski definition) is 2. The molecule has 2 N–H and O–H groups in total. The first-order valence-corrected chi connectivity index (χ1v) is 10.5. The van der Waals surface area contributed by atoms with Crippen LogP contribution in [0.15, 0.2) is 12.1 Å². The van der Waals surface area contributed by atoms with Crippen molar-refractivity contribution in [1.29, 1.82) is 0 Å². The molecule has 2 rings (SSSR count). The van der Waals surface area contributed by atoms with Crippen LogP contribution in [0.25, 0.3) is 11.0 Å². The van der Waals surface area contributed by atoms with Crippen LogP contribution in [0.3, 0.4) is 0 Å². The van der Waals surface area contributed by atoms with Crippen LogP contribution in [0.2, 0.25) is 10.0 Å². The largest absolute Gasteiger partial charge is 0.396 e. The second kappa shape index (κ2) is 11.6. The summed E-state index contributed by atoms with van der Waals surface area (Å²) in [7, 11) is 1.66. The Labute approximate surface area is 176 Å². The number of aliphatic hydroxyl groups is 1. The minimum absolute atomic E-state index is 0.0301. The Morgan fingerprint density at radius 1 is 1.25 bits per heavy atom. The van der Waals surface area contributed by atoms with Gasteiger partial charge in [0, 0.05) is 33.4 Å². The van der Waals surface area contributed by atoms with Crippen molar-refractivity contribution in [3.63, 3.8) is 0 Å². The summed E-state index contributed by atoms with van der Waals surface area (Å²) < 4.78 is 5.13. The van der Waals surface area contributed by atoms with Gasteiger partial charge in [-0.25, -0.2) is 4.98 Å². The van der Waals surface area contributed by atoms with Crippen LogP contribution in [0.5, 0.6) is 0 Å². The zero-order valence-electron chi connectivity index (χ0n) is 16.5. The molecule has 2 aromatic rings. The molecule has 0 spiro atoms. The number of H-pyrrole nitrogens is 1. The first kappa shape index (κ1) is 22.9. The average Bonchev–Trinajstić information content (AvgIpc) is 3.07. The highest BCUT2D eigenvalue weighted by atomic mass is 35.5. The zero-order valence-corrected chi connectivity index (χ0v) is 18.0. The highest BCUT2D eigenvalue weighted by Crippen LogP contribution is 2.29. The highest BCUT2D eigenvalue weighted by molar-refractivity contribution is 6.42. The third-order valence-electron chi connectivity index (χ3n) is 4.71. The van der Waals surface area contributed by atoms with E-state index in [1.807, 2.05) is 4.90 Å². The maximum Gasteiger partial charge on any atom is 0.233 e. The number of aromatic amines is 1. The Morgan fingerprint density at radius 2 is 1.96 bits per heavy atom. The Hall–Kier alpha value is -1.34. The van der Waals surface area contributed by atoms with Crippen molar-refractivity contribution >= 4 is 40.1 Å². The molecule has 28 heavy (non-hydrogen) atoms. The van der Waals surface area contributed by atoms with Crippen molar-refractivity contribution in [3.05, 3.63) is 28.0 Å². The van der Waals surface area contributed by atoms with E-state index >= 15 is 0 Å². The van der Waals surface area contributed by atoms with Crippen molar-refractivity contribution < 1.29 is 14.6 Å². The van der Waals surface area contributed by atoms with E-state index < -0.39 is 5.92 Å². The molecular formula is C20H29Cl2N3O3. The molecule has 1 atom stereocenters. The molecule has 8 heteroatoms. The lowest BCUT2D eigenvalue weighted by atomic mass is 10.0. The minimum Gasteiger partial charge on any atom is -0.396 e. The molecule has 1 aromatic carbocycles. The number of fused-ring (bicyclic) bond motifs is 1. The van der Waals surface area contributed by atoms with E-state index in [0.717, 1.165) is 31.2 Å². The van der Waals surface area contributed by atoms with Gasteiger partial charge in [-0.15, -0.1) is 0 Å². The van der Waals surface area contributed by atoms with Crippen LogP contribution >= 0.6 is 23.2 Å². The third kappa shape index (κ3) is 6.08. The van der Waals surface area contributed by atoms with Crippen molar-refractivity contribution in [2.24, 2.45) is 0 Å². The van der Waals surface area contributed by atoms with Crippen molar-refractivity contribution in [2.75, 3.05) is 33.4 Å². The lowest BCUT2D eigenvalue weighted by Gasteiger charge is -2.26. The number of benzene rings is 1. The van der Waals surface area contributed by atoms with E-state index in [1.54, 1.807) is 19.2 Å². The second-order valence-corrected chi connectivity index (χ2v) is 7.66. The van der Waals surface area contributed by atoms with Crippen LogP contribution < -0.4 is 0 Å². The van der Waals surface area contributed by atoms with Gasteiger partial charge in [0.25, 0.3) is 0 Å². The molecule has 1 amide bonds. The molecule has 0 bridgehead atoms. The molecule has 0 radical (unpaired) electrons. The van der Waals surface area contributed by atoms with E-state index in [-0.39, 0.29) is 12.5 Å². The van der Waals surface area contributed by atoms with Gasteiger partial charge in [0.05, 0.1) is 27.0 Å². The summed E-state index contributed by atoms with van der Waals surface area (Å²) in [6.07, 6.45) is 4.18. The Morgan fingerprint density at radius 3 is 2.64 bits per heavy atom. The van der Waals surface area contributed by atoms with Crippen molar-refractivity contribution in [2.45, 2.75) is 44.9 Å². The Kier molecular flexibility index (Phi) is 9.51. The van der Waals surface area contributed by atoms with Crippen LogP contribution in [0.1, 0.15) is 50.8 Å². The molecule has 1 unspecified atom stereocenters. The molecule has 6 nitrogen and oxygen atoms in total. The number of halogens is 2. The van der Waals surface area contributed by atoms with E-state index in [9.17, 15) is 9.90 Å². The first-order chi connectivity index (χ1) is 13.5. The predicted molar refractivity (Wildman–Crippen MR) is 113 cm³/mol. The fourth-order valence-electron chi connectivity index (χ4n) is 3.20. The monoisotopic (exact) mass is 429 g/mol. The van der Waals surface area contributed by atoms with Crippen molar-refractivity contribution in [1.82, 2.24) is 14.9 Å². The summed E-state index contributed by atoms with van der Waals surface area (Å²) in [6, 6.07) is 3.38. The smallest absolute Gasteiger partial charge is 0.233 e. The fraction of sp³-hybridized carbons (Fsp3) is 0.600. The van der Waals surface area contributed by atoms with Crippen LogP contribution in [0.4, 0.5) is 0 Å². The summed E-state index contributed by atoms with van der Waals surface area (Å²) in [5.74, 6) is -0.0451. The van der Waals surface area contributed by atoms with Crippen LogP contribution in [-0.2, 0) is 9.53 Å². The number of carbonyl (C=O) groups excluding carboxylic acids is 1. The number of ether oxygens (including phenoxy) is 1. The number of unbranched alkanes of at least 4 members (excludes halogenated alkanes) is 2. The Balaban J connectivity index is 2.26. The van der Waals surface area contributed by atoms with Gasteiger partial charge in [-0.05, 0) is 31.4 Å². The van der Waals surface area contributed by atoms with E-state index in [4.69, 9.17) is 27.9 Å². The van der Waals surface area contributed by atoms with Crippen LogP contribution in [-0.4, -0.2) is 59.3 Å². The molecule has 156 valence electrons. The van der Waals surface area contributed by atoms with Gasteiger partial charge >= 0.3 is 0 Å². The maximum atomic E-state index is 13.3. The number of methoxy groups -OCH3 is 1. The number of nitrogens with one attached hydrogen (secondary N) is 1. The SMILES string of the molecule is CCCCCN(CCCOC)C(=O)C(CCO)c1nc2cc(Cl)c(Cl)cc2[nH]1. The topological polar surface area (TPSA) is 78.4 Å². The van der Waals surface area contributed by atoms with E-state index in [2.05, 4.69) is 16.9 Å². The van der Waals surface area contributed by atoms with Crippen molar-refractivity contribution in [3.8, 4) is 0 Å². The normalized spacial score (nSPS) is 12.5. The number of carbonyl (C=O) groups is 1. The maximum absolute atomic E-state index is 13.3. The average molecular weight is 430 g/mol. The summed E-state index contributed by atoms with van der Waals surface area (Å²) in [5.41, 5.74) is 1.37. The lowest BCUT2D eigenvalue weighted by molar-refractivity contribution is -0.133. The molecule has 0 aliphatic carbocycles. The first-order valence-electron chi connectivity index (χ1n) is 9.75. The molecule has 0 saturated carbocycles. The van der Waals surface area contributed by atoms with Crippen LogP contribution in [0, 0.1) is 0 Å². The second-order valence-electron chi connectivity index (χ2n) is 6.85. The number of aromatic nitrogens is 2. The summed E-state index contributed by atoms with van der Waals surface area (Å²) in [6.45, 7) is 3.95. The fourth-order valence-corrected chi connectivity index (χ4v) is 3.52. The standard InChI is InChI=1S/C20H29Cl2N3O3/c1-3-4-5-8-25(9-6-11-28-2)20(27)14(7-10-26)19-23-17-12-15(21)16(22)13-18(17)24-19/h12-14,26H,3-11H2,1-2H3,(H,23,24). The van der Waals surface area contributed by atoms with Gasteiger partial charge in [-0.3, -0.25) is 4.79 Å². The number of hydrogen-bond acceptors (Lipinski definition) is 4. The molecular weight excluding hydrogens is 401 g/mol. The molecule has 0 saturated heterocycles. The van der Waals surface area contributed by atoms with E-state index in [1.165, 1.54) is 0 Å². The van der Waals surface area contributed by atoms with Gasteiger partial charge in [0.15, 0.2) is 0 Å². The molecule has 0 aliphatic heterocycles. The number of rotatable bonds is 12. The van der Waals surface area contributed by atoms with Gasteiger partial charge < -0.3 is 19.7 Å². The van der Waals surface area contributed by atoms with Gasteiger partial charge in [-0.2, -0.15) is 0 Å². The summed E-state index contributed by atoms with van der Waals surface area (Å²) in [5, 5.41) is 10.4. The number of amides is 1. The summed E-state index contributed by atoms with van der Waals surface area (Å²) >= 11 is 12.2. The quantitative estimate of drug-likeness (QED) is 0.490. The number of aliphatic hydroxyl groups excluding tert-OH is 1. The van der Waals surface area contributed by atoms with Gasteiger partial charge in [0.2, 0.25) is 5.91 Å². The number of nitrogens with zero attached hydrogens (tertiary/aromatic N) is 2. The molecule has 1 aromatic heterocycles. The third-order valence-corrected chi connectivity index (χ3v) is 5.43.